The van der Waals surface area contributed by atoms with Gasteiger partial charge >= 0.3 is 0 Å². The first-order chi connectivity index (χ1) is 13.5. The van der Waals surface area contributed by atoms with Gasteiger partial charge in [-0.3, -0.25) is 4.79 Å². The Bertz CT molecular complexity index is 1010. The Morgan fingerprint density at radius 2 is 1.93 bits per heavy atom. The Morgan fingerprint density at radius 3 is 2.71 bits per heavy atom. The van der Waals surface area contributed by atoms with Gasteiger partial charge in [-0.2, -0.15) is 16.9 Å². The number of amides is 1. The number of carbonyl (C=O) groups is 1. The van der Waals surface area contributed by atoms with Gasteiger partial charge in [-0.1, -0.05) is 30.3 Å². The number of hydrogen-bond acceptors (Lipinski definition) is 4. The van der Waals surface area contributed by atoms with Crippen LogP contribution in [0.3, 0.4) is 0 Å². The second-order valence-corrected chi connectivity index (χ2v) is 7.95. The van der Waals surface area contributed by atoms with Gasteiger partial charge in [0.2, 0.25) is 0 Å². The lowest BCUT2D eigenvalue weighted by atomic mass is 10.1. The Balaban J connectivity index is 1.64. The smallest absolute Gasteiger partial charge is 0.266 e. The molecule has 6 heteroatoms. The van der Waals surface area contributed by atoms with E-state index in [0.29, 0.717) is 5.75 Å². The van der Waals surface area contributed by atoms with E-state index in [1.165, 1.54) is 5.56 Å². The maximum absolute atomic E-state index is 12.9. The molecule has 1 amide bonds. The van der Waals surface area contributed by atoms with Crippen molar-refractivity contribution in [3.8, 4) is 11.4 Å². The quantitative estimate of drug-likeness (QED) is 0.686. The van der Waals surface area contributed by atoms with Gasteiger partial charge in [0.05, 0.1) is 11.4 Å². The molecule has 1 aliphatic rings. The number of nitrogens with zero attached hydrogens (tertiary/aromatic N) is 2. The molecule has 1 N–H and O–H groups in total. The molecule has 1 aromatic heterocycles. The van der Waals surface area contributed by atoms with Gasteiger partial charge < -0.3 is 10.1 Å². The number of ether oxygens (including phenoxy) is 1. The molecule has 0 radical (unpaired) electrons. The third kappa shape index (κ3) is 3.52. The zero-order valence-corrected chi connectivity index (χ0v) is 17.0. The molecule has 2 aromatic carbocycles. The number of fused-ring (bicyclic) bond motifs is 1. The number of hydrogen-bond donors (Lipinski definition) is 1. The predicted molar refractivity (Wildman–Crippen MR) is 113 cm³/mol. The van der Waals surface area contributed by atoms with Crippen LogP contribution in [0.15, 0.2) is 48.5 Å². The maximum atomic E-state index is 12.9. The molecule has 144 valence electrons. The van der Waals surface area contributed by atoms with Crippen molar-refractivity contribution in [3.05, 3.63) is 70.9 Å². The van der Waals surface area contributed by atoms with Gasteiger partial charge in [0, 0.05) is 17.1 Å². The molecule has 1 atom stereocenters. The fourth-order valence-corrected chi connectivity index (χ4v) is 4.29. The summed E-state index contributed by atoms with van der Waals surface area (Å²) in [6.07, 6.45) is -0.617. The van der Waals surface area contributed by atoms with Crippen LogP contribution in [0.4, 0.5) is 5.82 Å². The lowest BCUT2D eigenvalue weighted by molar-refractivity contribution is -0.122. The number of carbonyl (C=O) groups excluding carboxylic acids is 1. The van der Waals surface area contributed by atoms with E-state index >= 15 is 0 Å². The van der Waals surface area contributed by atoms with Crippen LogP contribution in [0.25, 0.3) is 5.69 Å². The van der Waals surface area contributed by atoms with Crippen molar-refractivity contribution in [2.45, 2.75) is 38.4 Å². The largest absolute Gasteiger partial charge is 0.481 e. The molecule has 3 aromatic rings. The second-order valence-electron chi connectivity index (χ2n) is 6.96. The lowest BCUT2D eigenvalue weighted by Crippen LogP contribution is -2.31. The summed E-state index contributed by atoms with van der Waals surface area (Å²) in [5, 5.41) is 7.88. The lowest BCUT2D eigenvalue weighted by Gasteiger charge is -2.17. The van der Waals surface area contributed by atoms with Gasteiger partial charge in [0.25, 0.3) is 5.91 Å². The molecule has 0 unspecified atom stereocenters. The Kier molecular flexibility index (Phi) is 5.13. The molecule has 0 bridgehead atoms. The summed E-state index contributed by atoms with van der Waals surface area (Å²) in [7, 11) is 0. The molecule has 0 fully saturated rings. The first-order valence-corrected chi connectivity index (χ1v) is 10.5. The first kappa shape index (κ1) is 18.6. The Labute approximate surface area is 169 Å². The van der Waals surface area contributed by atoms with Crippen molar-refractivity contribution < 1.29 is 9.53 Å². The molecule has 5 nitrogen and oxygen atoms in total. The fraction of sp³-hybridized carbons (Fsp3) is 0.273. The molecule has 2 heterocycles. The van der Waals surface area contributed by atoms with E-state index in [1.807, 2.05) is 58.9 Å². The van der Waals surface area contributed by atoms with Crippen molar-refractivity contribution in [3.63, 3.8) is 0 Å². The summed E-state index contributed by atoms with van der Waals surface area (Å²) < 4.78 is 7.66. The van der Waals surface area contributed by atoms with Crippen LogP contribution in [-0.2, 0) is 16.3 Å². The van der Waals surface area contributed by atoms with Crippen molar-refractivity contribution in [2.75, 3.05) is 5.32 Å². The maximum Gasteiger partial charge on any atom is 0.266 e. The molecule has 0 saturated heterocycles. The van der Waals surface area contributed by atoms with Crippen LogP contribution < -0.4 is 10.1 Å². The monoisotopic (exact) mass is 393 g/mol. The number of aromatic nitrogens is 2. The summed E-state index contributed by atoms with van der Waals surface area (Å²) in [4.78, 5) is 12.9. The molecule has 0 spiro atoms. The fourth-order valence-electron chi connectivity index (χ4n) is 3.26. The summed E-state index contributed by atoms with van der Waals surface area (Å²) >= 11 is 1.81. The van der Waals surface area contributed by atoms with Crippen LogP contribution in [-0.4, -0.2) is 21.8 Å². The molecular formula is C22H23N3O2S. The average Bonchev–Trinajstić information content (AvgIpc) is 3.27. The van der Waals surface area contributed by atoms with Crippen molar-refractivity contribution >= 4 is 23.5 Å². The summed E-state index contributed by atoms with van der Waals surface area (Å²) in [6, 6.07) is 15.5. The third-order valence-electron chi connectivity index (χ3n) is 5.02. The van der Waals surface area contributed by atoms with Crippen molar-refractivity contribution in [1.82, 2.24) is 9.78 Å². The number of aryl methyl sites for hydroxylation is 1. The van der Waals surface area contributed by atoms with E-state index in [4.69, 9.17) is 9.84 Å². The molecule has 0 aliphatic carbocycles. The number of nitrogens with one attached hydrogen (secondary N) is 1. The van der Waals surface area contributed by atoms with Crippen LogP contribution >= 0.6 is 11.8 Å². The van der Waals surface area contributed by atoms with Crippen molar-refractivity contribution in [1.29, 1.82) is 0 Å². The van der Waals surface area contributed by atoms with Crippen molar-refractivity contribution in [2.24, 2.45) is 0 Å². The van der Waals surface area contributed by atoms with Gasteiger partial charge in [-0.05, 0) is 50.1 Å². The summed E-state index contributed by atoms with van der Waals surface area (Å²) in [5.74, 6) is 2.96. The molecule has 4 rings (SSSR count). The number of rotatable bonds is 5. The number of anilines is 1. The molecule has 28 heavy (non-hydrogen) atoms. The van der Waals surface area contributed by atoms with E-state index in [-0.39, 0.29) is 5.91 Å². The first-order valence-electron chi connectivity index (χ1n) is 9.32. The Hall–Kier alpha value is -2.73. The highest BCUT2D eigenvalue weighted by Crippen LogP contribution is 2.37. The zero-order chi connectivity index (χ0) is 19.7. The van der Waals surface area contributed by atoms with E-state index in [9.17, 15) is 4.79 Å². The number of para-hydroxylation sites is 1. The standard InChI is InChI=1S/C22H23N3O2S/c1-14-8-7-11-20(15(14)2)25-21(18-12-28-13-19(18)24-25)23-22(26)16(3)27-17-9-5-4-6-10-17/h4-11,16H,12-13H2,1-3H3,(H,23,26)/t16-/m0/s1. The van der Waals surface area contributed by atoms with Gasteiger partial charge in [0.1, 0.15) is 11.6 Å². The predicted octanol–water partition coefficient (Wildman–Crippen LogP) is 4.64. The van der Waals surface area contributed by atoms with E-state index < -0.39 is 6.10 Å². The number of thioether (sulfide) groups is 1. The average molecular weight is 394 g/mol. The zero-order valence-electron chi connectivity index (χ0n) is 16.2. The second kappa shape index (κ2) is 7.72. The summed E-state index contributed by atoms with van der Waals surface area (Å²) in [5.41, 5.74) is 5.48. The topological polar surface area (TPSA) is 56.2 Å². The van der Waals surface area contributed by atoms with Crippen LogP contribution in [0.1, 0.15) is 29.3 Å². The number of benzene rings is 2. The highest BCUT2D eigenvalue weighted by atomic mass is 32.2. The van der Waals surface area contributed by atoms with Gasteiger partial charge in [-0.25, -0.2) is 4.68 Å². The molecular weight excluding hydrogens is 370 g/mol. The normalized spacial score (nSPS) is 13.8. The van der Waals surface area contributed by atoms with E-state index in [1.54, 1.807) is 6.92 Å². The highest BCUT2D eigenvalue weighted by Gasteiger charge is 2.27. The van der Waals surface area contributed by atoms with Gasteiger partial charge in [0.15, 0.2) is 6.10 Å². The van der Waals surface area contributed by atoms with Crippen LogP contribution in [0, 0.1) is 13.8 Å². The highest BCUT2D eigenvalue weighted by molar-refractivity contribution is 7.98. The van der Waals surface area contributed by atoms with Gasteiger partial charge in [-0.15, -0.1) is 0 Å². The van der Waals surface area contributed by atoms with E-state index in [0.717, 1.165) is 39.8 Å². The minimum Gasteiger partial charge on any atom is -0.481 e. The Morgan fingerprint density at radius 1 is 1.14 bits per heavy atom. The SMILES string of the molecule is Cc1cccc(-n2nc3c(c2NC(=O)[C@H](C)Oc2ccccc2)CSC3)c1C. The molecule has 0 saturated carbocycles. The van der Waals surface area contributed by atoms with Crippen LogP contribution in [0.5, 0.6) is 5.75 Å². The minimum absolute atomic E-state index is 0.185. The summed E-state index contributed by atoms with van der Waals surface area (Å²) in [6.45, 7) is 5.93. The van der Waals surface area contributed by atoms with Crippen LogP contribution in [0.2, 0.25) is 0 Å². The van der Waals surface area contributed by atoms with E-state index in [2.05, 4.69) is 25.2 Å². The third-order valence-corrected chi connectivity index (χ3v) is 5.99. The minimum atomic E-state index is -0.617. The molecule has 1 aliphatic heterocycles.